The third-order valence-electron chi connectivity index (χ3n) is 7.86. The predicted molar refractivity (Wildman–Crippen MR) is 160 cm³/mol. The van der Waals surface area contributed by atoms with Crippen LogP contribution in [0.3, 0.4) is 0 Å². The van der Waals surface area contributed by atoms with Gasteiger partial charge >= 0.3 is 0 Å². The van der Waals surface area contributed by atoms with E-state index in [4.69, 9.17) is 9.97 Å². The quantitative estimate of drug-likeness (QED) is 0.268. The van der Waals surface area contributed by atoms with E-state index < -0.39 is 0 Å². The molecule has 3 N–H and O–H groups in total. The summed E-state index contributed by atoms with van der Waals surface area (Å²) in [5.74, 6) is 1.76. The van der Waals surface area contributed by atoms with E-state index in [1.54, 1.807) is 0 Å². The summed E-state index contributed by atoms with van der Waals surface area (Å²) in [6.45, 7) is 5.96. The fourth-order valence-electron chi connectivity index (χ4n) is 5.35. The number of H-pyrrole nitrogens is 1. The van der Waals surface area contributed by atoms with Gasteiger partial charge < -0.3 is 25.4 Å². The first-order chi connectivity index (χ1) is 19.5. The van der Waals surface area contributed by atoms with Crippen LogP contribution >= 0.6 is 0 Å². The zero-order chi connectivity index (χ0) is 27.2. The number of carbonyl (C=O) groups excluding carboxylic acids is 1. The topological polar surface area (TPSA) is 102 Å². The number of imidazole rings is 1. The number of aryl methyl sites for hydroxylation is 1. The van der Waals surface area contributed by atoms with Crippen LogP contribution in [0, 0.1) is 6.92 Å². The van der Waals surface area contributed by atoms with Gasteiger partial charge in [0, 0.05) is 60.6 Å². The minimum atomic E-state index is -0.164. The number of hydrogen-bond donors (Lipinski definition) is 3. The lowest BCUT2D eigenvalue weighted by atomic mass is 10.1. The van der Waals surface area contributed by atoms with Crippen molar-refractivity contribution in [3.05, 3.63) is 77.7 Å². The Kier molecular flexibility index (Phi) is 6.08. The first-order valence-corrected chi connectivity index (χ1v) is 13.9. The molecule has 1 aliphatic carbocycles. The normalized spacial score (nSPS) is 16.0. The van der Waals surface area contributed by atoms with Crippen molar-refractivity contribution in [1.82, 2.24) is 24.8 Å². The number of likely N-dealkylation sites (N-methyl/N-ethyl adjacent to an activating group) is 1. The molecule has 0 unspecified atom stereocenters. The highest BCUT2D eigenvalue weighted by atomic mass is 16.1. The second-order valence-corrected chi connectivity index (χ2v) is 10.9. The SMILES string of the molecule is Cc1cccc2cnc(Nc3cc(NC(=O)c4cccc(N5CCN(C)CC5)c4)c4nc(C5CC5)[nH]c4c3)nc12. The molecule has 0 bridgehead atoms. The van der Waals surface area contributed by atoms with Gasteiger partial charge in [-0.3, -0.25) is 4.79 Å². The number of nitrogens with zero attached hydrogens (tertiary/aromatic N) is 5. The van der Waals surface area contributed by atoms with Gasteiger partial charge in [-0.05, 0) is 62.7 Å². The minimum Gasteiger partial charge on any atom is -0.369 e. The zero-order valence-electron chi connectivity index (χ0n) is 22.7. The van der Waals surface area contributed by atoms with Crippen LogP contribution in [0.25, 0.3) is 21.9 Å². The molecule has 3 heterocycles. The van der Waals surface area contributed by atoms with E-state index in [2.05, 4.69) is 43.5 Å². The van der Waals surface area contributed by atoms with Gasteiger partial charge in [0.15, 0.2) is 0 Å². The Morgan fingerprint density at radius 1 is 0.975 bits per heavy atom. The molecule has 202 valence electrons. The van der Waals surface area contributed by atoms with Crippen LogP contribution in [0.1, 0.15) is 40.5 Å². The molecule has 9 nitrogen and oxygen atoms in total. The van der Waals surface area contributed by atoms with Gasteiger partial charge in [-0.25, -0.2) is 15.0 Å². The van der Waals surface area contributed by atoms with Crippen molar-refractivity contribution >= 4 is 50.9 Å². The van der Waals surface area contributed by atoms with Crippen LogP contribution in [0.4, 0.5) is 23.0 Å². The largest absolute Gasteiger partial charge is 0.369 e. The lowest BCUT2D eigenvalue weighted by Gasteiger charge is -2.34. The second kappa shape index (κ2) is 9.91. The van der Waals surface area contributed by atoms with Gasteiger partial charge in [-0.1, -0.05) is 24.3 Å². The maximum Gasteiger partial charge on any atom is 0.255 e. The Labute approximate surface area is 232 Å². The van der Waals surface area contributed by atoms with Gasteiger partial charge in [0.05, 0.1) is 16.7 Å². The highest BCUT2D eigenvalue weighted by Crippen LogP contribution is 2.40. The zero-order valence-corrected chi connectivity index (χ0v) is 22.7. The fraction of sp³-hybridized carbons (Fsp3) is 0.290. The van der Waals surface area contributed by atoms with Gasteiger partial charge in [0.2, 0.25) is 5.95 Å². The maximum absolute atomic E-state index is 13.5. The third-order valence-corrected chi connectivity index (χ3v) is 7.86. The molecule has 5 aromatic rings. The molecule has 1 saturated heterocycles. The number of hydrogen-bond acceptors (Lipinski definition) is 7. The Balaban J connectivity index is 1.20. The van der Waals surface area contributed by atoms with Gasteiger partial charge in [0.1, 0.15) is 11.3 Å². The summed E-state index contributed by atoms with van der Waals surface area (Å²) in [5, 5.41) is 7.49. The lowest BCUT2D eigenvalue weighted by molar-refractivity contribution is 0.102. The van der Waals surface area contributed by atoms with Gasteiger partial charge in [-0.15, -0.1) is 0 Å². The molecule has 1 saturated carbocycles. The summed E-state index contributed by atoms with van der Waals surface area (Å²) in [6, 6.07) is 17.8. The Morgan fingerprint density at radius 2 is 1.80 bits per heavy atom. The number of carbonyl (C=O) groups is 1. The number of aromatic amines is 1. The van der Waals surface area contributed by atoms with Crippen LogP contribution in [0.15, 0.2) is 60.8 Å². The number of benzene rings is 3. The highest BCUT2D eigenvalue weighted by Gasteiger charge is 2.27. The second-order valence-electron chi connectivity index (χ2n) is 10.9. The van der Waals surface area contributed by atoms with Crippen LogP contribution in [-0.2, 0) is 0 Å². The van der Waals surface area contributed by atoms with Crippen LogP contribution < -0.4 is 15.5 Å². The van der Waals surface area contributed by atoms with Crippen molar-refractivity contribution in [2.24, 2.45) is 0 Å². The molecule has 0 radical (unpaired) electrons. The molecule has 7 rings (SSSR count). The monoisotopic (exact) mass is 532 g/mol. The van der Waals surface area contributed by atoms with Crippen LogP contribution in [-0.4, -0.2) is 64.0 Å². The van der Waals surface area contributed by atoms with Crippen LogP contribution in [0.5, 0.6) is 0 Å². The number of rotatable bonds is 6. The number of anilines is 4. The van der Waals surface area contributed by atoms with Crippen molar-refractivity contribution in [2.75, 3.05) is 48.8 Å². The molecule has 0 atom stereocenters. The summed E-state index contributed by atoms with van der Waals surface area (Å²) >= 11 is 0. The van der Waals surface area contributed by atoms with E-state index in [1.807, 2.05) is 61.7 Å². The molecule has 1 aliphatic heterocycles. The number of nitrogens with one attached hydrogen (secondary N) is 3. The molecular formula is C31H32N8O. The summed E-state index contributed by atoms with van der Waals surface area (Å²) < 4.78 is 0. The smallest absolute Gasteiger partial charge is 0.255 e. The van der Waals surface area contributed by atoms with Crippen molar-refractivity contribution in [1.29, 1.82) is 0 Å². The molecule has 1 amide bonds. The van der Waals surface area contributed by atoms with Crippen molar-refractivity contribution in [3.8, 4) is 0 Å². The number of para-hydroxylation sites is 1. The number of piperazine rings is 1. The predicted octanol–water partition coefficient (Wildman–Crippen LogP) is 5.44. The number of fused-ring (bicyclic) bond motifs is 2. The summed E-state index contributed by atoms with van der Waals surface area (Å²) in [6.07, 6.45) is 4.10. The lowest BCUT2D eigenvalue weighted by Crippen LogP contribution is -2.44. The van der Waals surface area contributed by atoms with E-state index in [0.29, 0.717) is 23.1 Å². The van der Waals surface area contributed by atoms with Crippen molar-refractivity contribution in [2.45, 2.75) is 25.7 Å². The average molecular weight is 533 g/mol. The molecule has 40 heavy (non-hydrogen) atoms. The minimum absolute atomic E-state index is 0.164. The number of amides is 1. The average Bonchev–Trinajstić information content (AvgIpc) is 3.73. The molecule has 9 heteroatoms. The van der Waals surface area contributed by atoms with E-state index >= 15 is 0 Å². The molecule has 2 fully saturated rings. The Morgan fingerprint density at radius 3 is 2.62 bits per heavy atom. The molecule has 3 aromatic carbocycles. The van der Waals surface area contributed by atoms with Crippen molar-refractivity contribution in [3.63, 3.8) is 0 Å². The Bertz CT molecular complexity index is 1730. The number of aromatic nitrogens is 4. The first-order valence-electron chi connectivity index (χ1n) is 13.9. The highest BCUT2D eigenvalue weighted by molar-refractivity contribution is 6.09. The molecule has 2 aliphatic rings. The summed E-state index contributed by atoms with van der Waals surface area (Å²) in [7, 11) is 2.14. The van der Waals surface area contributed by atoms with E-state index in [-0.39, 0.29) is 5.91 Å². The fourth-order valence-corrected chi connectivity index (χ4v) is 5.35. The maximum atomic E-state index is 13.5. The summed E-state index contributed by atoms with van der Waals surface area (Å²) in [5.41, 5.74) is 6.73. The van der Waals surface area contributed by atoms with Gasteiger partial charge in [-0.2, -0.15) is 0 Å². The summed E-state index contributed by atoms with van der Waals surface area (Å²) in [4.78, 5) is 35.8. The van der Waals surface area contributed by atoms with Crippen molar-refractivity contribution < 1.29 is 4.79 Å². The molecule has 0 spiro atoms. The Hall–Kier alpha value is -4.50. The van der Waals surface area contributed by atoms with E-state index in [1.165, 1.54) is 0 Å². The molecule has 2 aromatic heterocycles. The first kappa shape index (κ1) is 24.5. The van der Waals surface area contributed by atoms with Crippen LogP contribution in [0.2, 0.25) is 0 Å². The van der Waals surface area contributed by atoms with E-state index in [0.717, 1.165) is 83.7 Å². The van der Waals surface area contributed by atoms with Gasteiger partial charge in [0.25, 0.3) is 5.91 Å². The molecular weight excluding hydrogens is 500 g/mol. The standard InChI is InChI=1S/C31H32N8O/c1-19-5-3-7-22-18-32-31(37-27(19)22)33-23-16-25-28(36-29(34-25)20-9-10-20)26(17-23)35-30(40)21-6-4-8-24(15-21)39-13-11-38(2)12-14-39/h3-8,15-18,20H,9-14H2,1-2H3,(H,34,36)(H,35,40)(H,32,33,37). The van der Waals surface area contributed by atoms with E-state index in [9.17, 15) is 4.79 Å². The third kappa shape index (κ3) is 4.84.